The first-order chi connectivity index (χ1) is 12.2. The van der Waals surface area contributed by atoms with E-state index in [0.717, 1.165) is 11.3 Å². The number of aromatic nitrogens is 2. The molecule has 128 valence electrons. The highest BCUT2D eigenvalue weighted by Gasteiger charge is 2.35. The zero-order valence-electron chi connectivity index (χ0n) is 13.3. The molecule has 1 fully saturated rings. The Hall–Kier alpha value is -3.03. The fourth-order valence-electron chi connectivity index (χ4n) is 3.02. The number of hydrogen-bond acceptors (Lipinski definition) is 6. The molecule has 7 nitrogen and oxygen atoms in total. The molecule has 0 aliphatic carbocycles. The summed E-state index contributed by atoms with van der Waals surface area (Å²) in [6.45, 7) is 0.525. The highest BCUT2D eigenvalue weighted by atomic mass is 19.1. The second-order valence-electron chi connectivity index (χ2n) is 5.91. The van der Waals surface area contributed by atoms with Crippen LogP contribution in [0.2, 0.25) is 0 Å². The molecule has 2 unspecified atom stereocenters. The van der Waals surface area contributed by atoms with Gasteiger partial charge in [-0.1, -0.05) is 0 Å². The van der Waals surface area contributed by atoms with Crippen molar-refractivity contribution in [3.63, 3.8) is 0 Å². The number of nitrogens with zero attached hydrogens (tertiary/aromatic N) is 4. The summed E-state index contributed by atoms with van der Waals surface area (Å²) < 4.78 is 18.4. The van der Waals surface area contributed by atoms with Crippen molar-refractivity contribution in [2.45, 2.75) is 25.1 Å². The summed E-state index contributed by atoms with van der Waals surface area (Å²) in [6, 6.07) is 6.63. The first-order valence-corrected chi connectivity index (χ1v) is 8.02. The van der Waals surface area contributed by atoms with E-state index in [2.05, 4.69) is 20.5 Å². The van der Waals surface area contributed by atoms with Crippen LogP contribution in [0, 0.1) is 5.95 Å². The van der Waals surface area contributed by atoms with Crippen LogP contribution in [-0.2, 0) is 4.74 Å². The summed E-state index contributed by atoms with van der Waals surface area (Å²) in [5.74, 6) is -0.552. The van der Waals surface area contributed by atoms with Gasteiger partial charge in [0, 0.05) is 49.1 Å². The summed E-state index contributed by atoms with van der Waals surface area (Å²) in [7, 11) is 0. The minimum atomic E-state index is -0.552. The number of pyridine rings is 2. The first-order valence-electron chi connectivity index (χ1n) is 8.02. The van der Waals surface area contributed by atoms with Gasteiger partial charge in [0.25, 0.3) is 0 Å². The molecule has 2 aromatic rings. The van der Waals surface area contributed by atoms with Crippen LogP contribution in [0.1, 0.15) is 30.1 Å². The van der Waals surface area contributed by atoms with E-state index in [1.807, 2.05) is 12.1 Å². The first kappa shape index (κ1) is 15.5. The molecule has 2 atom stereocenters. The summed E-state index contributed by atoms with van der Waals surface area (Å²) >= 11 is 0. The Morgan fingerprint density at radius 2 is 2.08 bits per heavy atom. The minimum absolute atomic E-state index is 0.233. The van der Waals surface area contributed by atoms with Gasteiger partial charge < -0.3 is 4.74 Å². The molecule has 1 saturated heterocycles. The number of hydrogen-bond donors (Lipinski definition) is 1. The summed E-state index contributed by atoms with van der Waals surface area (Å²) in [5.41, 5.74) is 5.55. The lowest BCUT2D eigenvalue weighted by atomic mass is 10.1. The molecule has 0 spiro atoms. The lowest BCUT2D eigenvalue weighted by Gasteiger charge is -2.35. The number of amides is 1. The van der Waals surface area contributed by atoms with Gasteiger partial charge in [0.2, 0.25) is 5.95 Å². The number of rotatable bonds is 3. The number of halogens is 1. The number of ether oxygens (including phenoxy) is 1. The van der Waals surface area contributed by atoms with Crippen molar-refractivity contribution in [1.82, 2.24) is 20.3 Å². The van der Waals surface area contributed by atoms with Gasteiger partial charge >= 0.3 is 6.09 Å². The van der Waals surface area contributed by atoms with Crippen molar-refractivity contribution in [3.8, 4) is 0 Å². The summed E-state index contributed by atoms with van der Waals surface area (Å²) in [5, 5.41) is 4.32. The third-order valence-electron chi connectivity index (χ3n) is 4.36. The van der Waals surface area contributed by atoms with Crippen LogP contribution in [0.5, 0.6) is 0 Å². The highest BCUT2D eigenvalue weighted by molar-refractivity contribution is 6.01. The van der Waals surface area contributed by atoms with E-state index in [-0.39, 0.29) is 6.17 Å². The third-order valence-corrected chi connectivity index (χ3v) is 4.36. The molecule has 1 N–H and O–H groups in total. The maximum absolute atomic E-state index is 12.9. The molecule has 25 heavy (non-hydrogen) atoms. The molecule has 0 bridgehead atoms. The fourth-order valence-corrected chi connectivity index (χ4v) is 3.02. The van der Waals surface area contributed by atoms with Gasteiger partial charge in [0.15, 0.2) is 0 Å². The van der Waals surface area contributed by atoms with Gasteiger partial charge in [-0.2, -0.15) is 9.49 Å². The molecule has 0 radical (unpaired) electrons. The van der Waals surface area contributed by atoms with Gasteiger partial charge in [0.05, 0.1) is 5.71 Å². The number of cyclic esters (lactones) is 1. The van der Waals surface area contributed by atoms with Crippen LogP contribution in [-0.4, -0.2) is 39.4 Å². The van der Waals surface area contributed by atoms with Crippen LogP contribution < -0.4 is 5.43 Å². The van der Waals surface area contributed by atoms with Crippen LogP contribution in [0.3, 0.4) is 0 Å². The van der Waals surface area contributed by atoms with Gasteiger partial charge in [-0.15, -0.1) is 0 Å². The van der Waals surface area contributed by atoms with Gasteiger partial charge in [-0.3, -0.25) is 15.3 Å². The Morgan fingerprint density at radius 3 is 2.80 bits per heavy atom. The number of carbonyl (C=O) groups is 1. The standard InChI is InChI=1S/C17H16FN5O2/c18-15-2-1-12(10-20-15)14-5-8-23(17(24)25-14)16-9-13(21-22-16)11-3-6-19-7-4-11/h1-4,6-7,10,14,16,22H,5,8-9H2. The van der Waals surface area contributed by atoms with Crippen molar-refractivity contribution in [1.29, 1.82) is 0 Å². The molecule has 1 amide bonds. The molecule has 8 heteroatoms. The molecule has 2 aromatic heterocycles. The van der Waals surface area contributed by atoms with E-state index in [1.54, 1.807) is 23.4 Å². The topological polar surface area (TPSA) is 79.7 Å². The molecule has 4 rings (SSSR count). The van der Waals surface area contributed by atoms with Crippen LogP contribution >= 0.6 is 0 Å². The number of carbonyl (C=O) groups excluding carboxylic acids is 1. The van der Waals surface area contributed by atoms with Crippen molar-refractivity contribution in [3.05, 3.63) is 59.9 Å². The zero-order chi connectivity index (χ0) is 17.2. The van der Waals surface area contributed by atoms with Crippen LogP contribution in [0.25, 0.3) is 0 Å². The van der Waals surface area contributed by atoms with Gasteiger partial charge in [0.1, 0.15) is 12.3 Å². The summed E-state index contributed by atoms with van der Waals surface area (Å²) in [4.78, 5) is 21.6. The normalized spacial score (nSPS) is 23.0. The van der Waals surface area contributed by atoms with Crippen molar-refractivity contribution in [2.24, 2.45) is 5.10 Å². The third kappa shape index (κ3) is 3.15. The van der Waals surface area contributed by atoms with Crippen molar-refractivity contribution < 1.29 is 13.9 Å². The monoisotopic (exact) mass is 341 g/mol. The van der Waals surface area contributed by atoms with E-state index in [9.17, 15) is 9.18 Å². The van der Waals surface area contributed by atoms with Gasteiger partial charge in [-0.25, -0.2) is 9.78 Å². The highest BCUT2D eigenvalue weighted by Crippen LogP contribution is 2.28. The number of nitrogens with one attached hydrogen (secondary N) is 1. The molecule has 2 aliphatic heterocycles. The molecule has 4 heterocycles. The summed E-state index contributed by atoms with van der Waals surface area (Å²) in [6.07, 6.45) is 4.99. The maximum Gasteiger partial charge on any atom is 0.412 e. The quantitative estimate of drug-likeness (QED) is 0.866. The molecule has 2 aliphatic rings. The van der Waals surface area contributed by atoms with E-state index in [4.69, 9.17) is 4.74 Å². The Morgan fingerprint density at radius 1 is 1.24 bits per heavy atom. The molecular weight excluding hydrogens is 325 g/mol. The van der Waals surface area contributed by atoms with Crippen molar-refractivity contribution >= 4 is 11.8 Å². The Labute approximate surface area is 143 Å². The van der Waals surface area contributed by atoms with E-state index < -0.39 is 18.1 Å². The molecule has 0 saturated carbocycles. The van der Waals surface area contributed by atoms with E-state index >= 15 is 0 Å². The average Bonchev–Trinajstić information content (AvgIpc) is 3.13. The zero-order valence-corrected chi connectivity index (χ0v) is 13.3. The van der Waals surface area contributed by atoms with Crippen LogP contribution in [0.15, 0.2) is 48.0 Å². The molecule has 0 aromatic carbocycles. The minimum Gasteiger partial charge on any atom is -0.441 e. The van der Waals surface area contributed by atoms with Gasteiger partial charge in [-0.05, 0) is 24.3 Å². The Bertz CT molecular complexity index is 796. The maximum atomic E-state index is 12.9. The second kappa shape index (κ2) is 6.46. The van der Waals surface area contributed by atoms with E-state index in [1.165, 1.54) is 12.3 Å². The predicted octanol–water partition coefficient (Wildman–Crippen LogP) is 2.22. The smallest absolute Gasteiger partial charge is 0.412 e. The van der Waals surface area contributed by atoms with Crippen molar-refractivity contribution in [2.75, 3.05) is 6.54 Å². The lowest BCUT2D eigenvalue weighted by molar-refractivity contribution is 0.00762. The Balaban J connectivity index is 1.39. The predicted molar refractivity (Wildman–Crippen MR) is 87.1 cm³/mol. The largest absolute Gasteiger partial charge is 0.441 e. The second-order valence-corrected chi connectivity index (χ2v) is 5.91. The number of hydrazone groups is 1. The average molecular weight is 341 g/mol. The SMILES string of the molecule is O=C1OC(c2ccc(F)nc2)CCN1C1CC(c2ccncc2)=NN1. The van der Waals surface area contributed by atoms with Crippen LogP contribution in [0.4, 0.5) is 9.18 Å². The Kier molecular flexibility index (Phi) is 4.01. The van der Waals surface area contributed by atoms with E-state index in [0.29, 0.717) is 24.9 Å². The lowest BCUT2D eigenvalue weighted by Crippen LogP contribution is -2.49. The molecular formula is C17H16FN5O2. The fraction of sp³-hybridized carbons (Fsp3) is 0.294.